The first-order chi connectivity index (χ1) is 12.9. The van der Waals surface area contributed by atoms with Crippen molar-refractivity contribution in [3.05, 3.63) is 47.7 Å². The summed E-state index contributed by atoms with van der Waals surface area (Å²) in [5.41, 5.74) is 0.979. The van der Waals surface area contributed by atoms with Gasteiger partial charge in [0.15, 0.2) is 5.82 Å². The Morgan fingerprint density at radius 3 is 2.48 bits per heavy atom. The van der Waals surface area contributed by atoms with Gasteiger partial charge in [-0.15, -0.1) is 0 Å². The largest absolute Gasteiger partial charge is 0.360 e. The average molecular weight is 371 g/mol. The van der Waals surface area contributed by atoms with Crippen molar-refractivity contribution in [3.8, 4) is 0 Å². The number of rotatable bonds is 9. The highest BCUT2D eigenvalue weighted by Crippen LogP contribution is 2.22. The highest BCUT2D eigenvalue weighted by molar-refractivity contribution is 5.95. The lowest BCUT2D eigenvalue weighted by Crippen LogP contribution is -2.41. The molecule has 0 radical (unpaired) electrons. The number of carbonyl (C=O) groups is 2. The van der Waals surface area contributed by atoms with Gasteiger partial charge in [-0.2, -0.15) is 0 Å². The first-order valence-corrected chi connectivity index (χ1v) is 9.47. The Morgan fingerprint density at radius 2 is 1.93 bits per heavy atom. The van der Waals surface area contributed by atoms with Crippen LogP contribution in [0.3, 0.4) is 0 Å². The van der Waals surface area contributed by atoms with Gasteiger partial charge in [-0.1, -0.05) is 56.3 Å². The van der Waals surface area contributed by atoms with Gasteiger partial charge in [-0.05, 0) is 31.2 Å². The summed E-state index contributed by atoms with van der Waals surface area (Å²) in [6.45, 7) is 8.51. The van der Waals surface area contributed by atoms with E-state index in [2.05, 4.69) is 24.3 Å². The van der Waals surface area contributed by atoms with E-state index < -0.39 is 0 Å². The Balaban J connectivity index is 2.11. The van der Waals surface area contributed by atoms with Gasteiger partial charge >= 0.3 is 0 Å². The van der Waals surface area contributed by atoms with Crippen molar-refractivity contribution in [2.24, 2.45) is 5.92 Å². The maximum atomic E-state index is 13.2. The molecule has 0 unspecified atom stereocenters. The Morgan fingerprint density at radius 1 is 1.22 bits per heavy atom. The quantitative estimate of drug-likeness (QED) is 0.723. The van der Waals surface area contributed by atoms with E-state index in [0.29, 0.717) is 30.5 Å². The van der Waals surface area contributed by atoms with Crippen molar-refractivity contribution >= 4 is 17.6 Å². The topological polar surface area (TPSA) is 75.4 Å². The summed E-state index contributed by atoms with van der Waals surface area (Å²) in [5.74, 6) is 0.884. The molecule has 0 bridgehead atoms. The summed E-state index contributed by atoms with van der Waals surface area (Å²) in [4.78, 5) is 27.3. The van der Waals surface area contributed by atoms with Crippen LogP contribution in [0.15, 0.2) is 40.9 Å². The molecule has 1 heterocycles. The zero-order chi connectivity index (χ0) is 19.8. The molecule has 6 heteroatoms. The number of aryl methyl sites for hydroxylation is 1. The van der Waals surface area contributed by atoms with Crippen LogP contribution in [0.2, 0.25) is 0 Å². The minimum absolute atomic E-state index is 0.000788. The number of carbonyl (C=O) groups excluding carboxylic acids is 2. The summed E-state index contributed by atoms with van der Waals surface area (Å²) >= 11 is 0. The molecule has 2 aromatic rings. The molecule has 1 N–H and O–H groups in total. The molecule has 0 aliphatic heterocycles. The lowest BCUT2D eigenvalue weighted by molar-refractivity contribution is -0.136. The van der Waals surface area contributed by atoms with Crippen molar-refractivity contribution in [2.75, 3.05) is 18.4 Å². The van der Waals surface area contributed by atoms with E-state index >= 15 is 0 Å². The Hall–Kier alpha value is -2.63. The summed E-state index contributed by atoms with van der Waals surface area (Å²) in [5, 5.41) is 6.47. The van der Waals surface area contributed by atoms with Crippen molar-refractivity contribution in [1.29, 1.82) is 0 Å². The van der Waals surface area contributed by atoms with Gasteiger partial charge in [-0.25, -0.2) is 0 Å². The van der Waals surface area contributed by atoms with Gasteiger partial charge < -0.3 is 14.7 Å². The Kier molecular flexibility index (Phi) is 7.58. The standard InChI is InChI=1S/C21H29N3O3/c1-5-18(17-9-7-6-8-10-17)21(26)24(12-11-15(2)3)14-20(25)22-19-13-16(4)27-23-19/h6-10,13,15,18H,5,11-12,14H2,1-4H3,(H,22,23,25)/t18-/m1/s1. The fourth-order valence-electron chi connectivity index (χ4n) is 2.92. The van der Waals surface area contributed by atoms with E-state index in [9.17, 15) is 9.59 Å². The van der Waals surface area contributed by atoms with Crippen LogP contribution in [-0.2, 0) is 9.59 Å². The normalized spacial score (nSPS) is 12.0. The third-order valence-corrected chi connectivity index (χ3v) is 4.43. The SMILES string of the molecule is CC[C@@H](C(=O)N(CCC(C)C)CC(=O)Nc1cc(C)on1)c1ccccc1. The van der Waals surface area contributed by atoms with Crippen LogP contribution in [0.5, 0.6) is 0 Å². The fourth-order valence-corrected chi connectivity index (χ4v) is 2.92. The molecule has 0 fully saturated rings. The fraction of sp³-hybridized carbons (Fsp3) is 0.476. The number of benzene rings is 1. The zero-order valence-electron chi connectivity index (χ0n) is 16.6. The second-order valence-corrected chi connectivity index (χ2v) is 7.18. The molecule has 0 aliphatic rings. The molecule has 27 heavy (non-hydrogen) atoms. The van der Waals surface area contributed by atoms with Crippen LogP contribution in [0.4, 0.5) is 5.82 Å². The van der Waals surface area contributed by atoms with E-state index in [0.717, 1.165) is 12.0 Å². The minimum Gasteiger partial charge on any atom is -0.360 e. The molecule has 0 spiro atoms. The Bertz CT molecular complexity index is 740. The Labute approximate surface area is 160 Å². The number of anilines is 1. The molecule has 146 valence electrons. The number of hydrogen-bond acceptors (Lipinski definition) is 4. The number of nitrogens with one attached hydrogen (secondary N) is 1. The van der Waals surface area contributed by atoms with Crippen LogP contribution in [0, 0.1) is 12.8 Å². The monoisotopic (exact) mass is 371 g/mol. The van der Waals surface area contributed by atoms with Gasteiger partial charge in [-0.3, -0.25) is 9.59 Å². The highest BCUT2D eigenvalue weighted by Gasteiger charge is 2.26. The number of amides is 2. The lowest BCUT2D eigenvalue weighted by atomic mass is 9.94. The molecule has 2 amide bonds. The maximum absolute atomic E-state index is 13.2. The molecule has 2 rings (SSSR count). The molecule has 6 nitrogen and oxygen atoms in total. The number of hydrogen-bond donors (Lipinski definition) is 1. The van der Waals surface area contributed by atoms with Crippen LogP contribution in [-0.4, -0.2) is 35.0 Å². The summed E-state index contributed by atoms with van der Waals surface area (Å²) in [6.07, 6.45) is 1.53. The van der Waals surface area contributed by atoms with Crippen LogP contribution >= 0.6 is 0 Å². The van der Waals surface area contributed by atoms with E-state index in [1.165, 1.54) is 0 Å². The smallest absolute Gasteiger partial charge is 0.245 e. The first-order valence-electron chi connectivity index (χ1n) is 9.47. The van der Waals surface area contributed by atoms with Crippen LogP contribution in [0.25, 0.3) is 0 Å². The zero-order valence-corrected chi connectivity index (χ0v) is 16.6. The van der Waals surface area contributed by atoms with E-state index in [1.807, 2.05) is 37.3 Å². The average Bonchev–Trinajstić information content (AvgIpc) is 3.04. The number of aromatic nitrogens is 1. The van der Waals surface area contributed by atoms with E-state index in [4.69, 9.17) is 4.52 Å². The molecule has 1 aromatic heterocycles. The molecule has 0 saturated heterocycles. The predicted octanol–water partition coefficient (Wildman–Crippen LogP) is 3.99. The lowest BCUT2D eigenvalue weighted by Gasteiger charge is -2.27. The van der Waals surface area contributed by atoms with Crippen LogP contribution in [0.1, 0.15) is 50.9 Å². The molecule has 1 aromatic carbocycles. The highest BCUT2D eigenvalue weighted by atomic mass is 16.5. The van der Waals surface area contributed by atoms with Gasteiger partial charge in [0.25, 0.3) is 0 Å². The van der Waals surface area contributed by atoms with E-state index in [1.54, 1.807) is 17.9 Å². The van der Waals surface area contributed by atoms with Crippen molar-refractivity contribution < 1.29 is 14.1 Å². The maximum Gasteiger partial charge on any atom is 0.245 e. The molecular formula is C21H29N3O3. The van der Waals surface area contributed by atoms with Gasteiger partial charge in [0.2, 0.25) is 11.8 Å². The summed E-state index contributed by atoms with van der Waals surface area (Å²) < 4.78 is 4.96. The third kappa shape index (κ3) is 6.24. The molecule has 1 atom stereocenters. The van der Waals surface area contributed by atoms with Gasteiger partial charge in [0, 0.05) is 12.6 Å². The molecule has 0 aliphatic carbocycles. The minimum atomic E-state index is -0.275. The van der Waals surface area contributed by atoms with Gasteiger partial charge in [0.05, 0.1) is 12.5 Å². The van der Waals surface area contributed by atoms with Crippen molar-refractivity contribution in [2.45, 2.75) is 46.5 Å². The van der Waals surface area contributed by atoms with Gasteiger partial charge in [0.1, 0.15) is 5.76 Å². The van der Waals surface area contributed by atoms with E-state index in [-0.39, 0.29) is 24.3 Å². The van der Waals surface area contributed by atoms with Crippen molar-refractivity contribution in [1.82, 2.24) is 10.1 Å². The molecule has 0 saturated carbocycles. The molecular weight excluding hydrogens is 342 g/mol. The summed E-state index contributed by atoms with van der Waals surface area (Å²) in [7, 11) is 0. The third-order valence-electron chi connectivity index (χ3n) is 4.43. The predicted molar refractivity (Wildman–Crippen MR) is 105 cm³/mol. The van der Waals surface area contributed by atoms with Crippen LogP contribution < -0.4 is 5.32 Å². The second kappa shape index (κ2) is 9.90. The summed E-state index contributed by atoms with van der Waals surface area (Å²) in [6, 6.07) is 11.4. The second-order valence-electron chi connectivity index (χ2n) is 7.18. The first kappa shape index (κ1) is 20.7. The number of nitrogens with zero attached hydrogens (tertiary/aromatic N) is 2. The van der Waals surface area contributed by atoms with Crippen molar-refractivity contribution in [3.63, 3.8) is 0 Å².